The van der Waals surface area contributed by atoms with E-state index < -0.39 is 6.10 Å². The number of benzene rings is 2. The van der Waals surface area contributed by atoms with Crippen molar-refractivity contribution < 1.29 is 14.6 Å². The van der Waals surface area contributed by atoms with E-state index in [2.05, 4.69) is 48.3 Å². The Morgan fingerprint density at radius 1 is 1.12 bits per heavy atom. The van der Waals surface area contributed by atoms with E-state index in [-0.39, 0.29) is 18.0 Å². The first-order valence-electron chi connectivity index (χ1n) is 12.0. The number of carbonyl (C=O) groups excluding carboxylic acids is 1. The first-order valence-corrected chi connectivity index (χ1v) is 12.0. The number of ketones is 1. The molecule has 0 bridgehead atoms. The second-order valence-corrected chi connectivity index (χ2v) is 9.52. The highest BCUT2D eigenvalue weighted by Gasteiger charge is 2.24. The van der Waals surface area contributed by atoms with E-state index in [1.807, 2.05) is 24.3 Å². The van der Waals surface area contributed by atoms with Gasteiger partial charge in [-0.05, 0) is 62.8 Å². The molecule has 2 heterocycles. The number of nitrogens with one attached hydrogen (secondary N) is 1. The maximum Gasteiger partial charge on any atom is 0.163 e. The van der Waals surface area contributed by atoms with Crippen molar-refractivity contribution in [2.75, 3.05) is 18.4 Å². The minimum Gasteiger partial charge on any atom is -0.392 e. The van der Waals surface area contributed by atoms with Crippen molar-refractivity contribution in [3.05, 3.63) is 65.2 Å². The molecule has 32 heavy (non-hydrogen) atoms. The fraction of sp³-hybridized carbons (Fsp3) is 0.519. The Morgan fingerprint density at radius 2 is 1.88 bits per heavy atom. The van der Waals surface area contributed by atoms with E-state index >= 15 is 0 Å². The Morgan fingerprint density at radius 3 is 2.66 bits per heavy atom. The lowest BCUT2D eigenvalue weighted by Crippen LogP contribution is -2.37. The largest absolute Gasteiger partial charge is 0.392 e. The molecule has 0 spiro atoms. The van der Waals surface area contributed by atoms with Crippen LogP contribution in [0.25, 0.3) is 0 Å². The molecular weight excluding hydrogens is 400 g/mol. The Bertz CT molecular complexity index is 905. The molecule has 5 nitrogen and oxygen atoms in total. The molecule has 2 aromatic carbocycles. The molecule has 0 aromatic heterocycles. The highest BCUT2D eigenvalue weighted by Crippen LogP contribution is 2.24. The molecule has 0 aliphatic carbocycles. The van der Waals surface area contributed by atoms with Crippen LogP contribution in [0.2, 0.25) is 0 Å². The maximum atomic E-state index is 12.8. The quantitative estimate of drug-likeness (QED) is 0.599. The van der Waals surface area contributed by atoms with Gasteiger partial charge in [-0.2, -0.15) is 0 Å². The summed E-state index contributed by atoms with van der Waals surface area (Å²) >= 11 is 0. The van der Waals surface area contributed by atoms with Gasteiger partial charge in [-0.25, -0.2) is 0 Å². The molecule has 0 saturated carbocycles. The molecule has 1 fully saturated rings. The van der Waals surface area contributed by atoms with Gasteiger partial charge in [0, 0.05) is 43.3 Å². The molecule has 0 radical (unpaired) electrons. The number of hydrogen-bond donors (Lipinski definition) is 2. The fourth-order valence-corrected chi connectivity index (χ4v) is 5.08. The highest BCUT2D eigenvalue weighted by molar-refractivity contribution is 5.96. The van der Waals surface area contributed by atoms with Crippen LogP contribution in [0.15, 0.2) is 48.5 Å². The van der Waals surface area contributed by atoms with E-state index in [1.165, 1.54) is 11.1 Å². The molecule has 2 aromatic rings. The summed E-state index contributed by atoms with van der Waals surface area (Å²) in [5.74, 6) is 0.0883. The van der Waals surface area contributed by atoms with Gasteiger partial charge in [0.15, 0.2) is 5.78 Å². The third kappa shape index (κ3) is 6.18. The lowest BCUT2D eigenvalue weighted by atomic mass is 9.98. The van der Waals surface area contributed by atoms with Gasteiger partial charge in [-0.1, -0.05) is 36.4 Å². The summed E-state index contributed by atoms with van der Waals surface area (Å²) < 4.78 is 5.82. The van der Waals surface area contributed by atoms with E-state index in [9.17, 15) is 9.90 Å². The third-order valence-electron chi connectivity index (χ3n) is 6.64. The summed E-state index contributed by atoms with van der Waals surface area (Å²) in [5.41, 5.74) is 4.45. The van der Waals surface area contributed by atoms with E-state index in [0.29, 0.717) is 31.0 Å². The lowest BCUT2D eigenvalue weighted by molar-refractivity contribution is -0.0337. The number of aliphatic hydroxyl groups is 1. The number of nitrogens with zero attached hydrogens (tertiary/aromatic N) is 1. The zero-order valence-corrected chi connectivity index (χ0v) is 19.3. The number of aliphatic hydroxyl groups excluding tert-OH is 1. The molecular formula is C27H36N2O3. The van der Waals surface area contributed by atoms with Crippen molar-refractivity contribution in [3.8, 4) is 0 Å². The van der Waals surface area contributed by atoms with Gasteiger partial charge in [-0.3, -0.25) is 9.69 Å². The molecule has 2 aliphatic heterocycles. The van der Waals surface area contributed by atoms with Gasteiger partial charge in [0.05, 0.1) is 18.3 Å². The van der Waals surface area contributed by atoms with Gasteiger partial charge in [0.25, 0.3) is 0 Å². The summed E-state index contributed by atoms with van der Waals surface area (Å²) in [4.78, 5) is 15.1. The zero-order valence-electron chi connectivity index (χ0n) is 19.3. The highest BCUT2D eigenvalue weighted by atomic mass is 16.5. The van der Waals surface area contributed by atoms with Crippen molar-refractivity contribution >= 4 is 11.5 Å². The summed E-state index contributed by atoms with van der Waals surface area (Å²) in [6.45, 7) is 6.66. The van der Waals surface area contributed by atoms with Crippen molar-refractivity contribution in [1.82, 2.24) is 4.90 Å². The van der Waals surface area contributed by atoms with Crippen molar-refractivity contribution in [2.24, 2.45) is 0 Å². The molecule has 5 heteroatoms. The van der Waals surface area contributed by atoms with Crippen LogP contribution in [0.3, 0.4) is 0 Å². The van der Waals surface area contributed by atoms with Crippen molar-refractivity contribution in [1.29, 1.82) is 0 Å². The van der Waals surface area contributed by atoms with Crippen LogP contribution in [0.5, 0.6) is 0 Å². The molecule has 3 atom stereocenters. The summed E-state index contributed by atoms with van der Waals surface area (Å²) in [5, 5.41) is 14.1. The van der Waals surface area contributed by atoms with Gasteiger partial charge < -0.3 is 15.2 Å². The number of fused-ring (bicyclic) bond motifs is 1. The average Bonchev–Trinajstić information content (AvgIpc) is 2.77. The number of anilines is 1. The number of hydrogen-bond acceptors (Lipinski definition) is 5. The standard InChI is InChI=1S/C27H36N2O3/c1-19-14-25(15-20(2)32-19)28-24-9-5-8-22(16-24)27(31)11-10-26(30)18-29-13-12-21-6-3-4-7-23(21)17-29/h3-9,16,19-20,25-26,28,30H,10-15,17-18H2,1-2H3/t19?,20?,25?,26-/m1/s1. The van der Waals surface area contributed by atoms with Gasteiger partial charge in [0.2, 0.25) is 0 Å². The number of ether oxygens (including phenoxy) is 1. The SMILES string of the molecule is CC1CC(Nc2cccc(C(=O)CC[C@@H](O)CN3CCc4ccccc4C3)c2)CC(C)O1. The molecule has 1 saturated heterocycles. The van der Waals surface area contributed by atoms with Crippen LogP contribution >= 0.6 is 0 Å². The molecule has 0 amide bonds. The van der Waals surface area contributed by atoms with E-state index in [1.54, 1.807) is 0 Å². The topological polar surface area (TPSA) is 61.8 Å². The smallest absolute Gasteiger partial charge is 0.163 e. The first-order chi connectivity index (χ1) is 15.5. The van der Waals surface area contributed by atoms with Crippen molar-refractivity contribution in [3.63, 3.8) is 0 Å². The predicted octanol–water partition coefficient (Wildman–Crippen LogP) is 4.44. The average molecular weight is 437 g/mol. The van der Waals surface area contributed by atoms with E-state index in [0.717, 1.165) is 38.0 Å². The van der Waals surface area contributed by atoms with Crippen LogP contribution < -0.4 is 5.32 Å². The normalized spacial score (nSPS) is 24.5. The Hall–Kier alpha value is -2.21. The Balaban J connectivity index is 1.25. The van der Waals surface area contributed by atoms with Gasteiger partial charge in [-0.15, -0.1) is 0 Å². The number of Topliss-reactive ketones (excluding diaryl/α,β-unsaturated/α-hetero) is 1. The monoisotopic (exact) mass is 436 g/mol. The third-order valence-corrected chi connectivity index (χ3v) is 6.64. The Labute approximate surface area is 191 Å². The fourth-order valence-electron chi connectivity index (χ4n) is 5.08. The minimum atomic E-state index is -0.490. The van der Waals surface area contributed by atoms with Crippen LogP contribution in [-0.2, 0) is 17.7 Å². The number of β-amino-alcohol motifs (C(OH)–C–C–N with tert-alkyl or cyclic N) is 1. The minimum absolute atomic E-state index is 0.0883. The van der Waals surface area contributed by atoms with Gasteiger partial charge in [0.1, 0.15) is 0 Å². The van der Waals surface area contributed by atoms with Crippen LogP contribution in [-0.4, -0.2) is 53.2 Å². The summed E-state index contributed by atoms with van der Waals surface area (Å²) in [7, 11) is 0. The van der Waals surface area contributed by atoms with E-state index in [4.69, 9.17) is 4.74 Å². The van der Waals surface area contributed by atoms with Crippen LogP contribution in [0, 0.1) is 0 Å². The first kappa shape index (κ1) is 23.0. The summed E-state index contributed by atoms with van der Waals surface area (Å²) in [6.07, 6.45) is 3.81. The zero-order chi connectivity index (χ0) is 22.5. The number of rotatable bonds is 8. The molecule has 2 aliphatic rings. The van der Waals surface area contributed by atoms with Gasteiger partial charge >= 0.3 is 0 Å². The van der Waals surface area contributed by atoms with Crippen LogP contribution in [0.1, 0.15) is 61.0 Å². The Kier molecular flexibility index (Phi) is 7.61. The second kappa shape index (κ2) is 10.6. The molecule has 4 rings (SSSR count). The summed E-state index contributed by atoms with van der Waals surface area (Å²) in [6, 6.07) is 16.6. The number of carbonyl (C=O) groups is 1. The molecule has 2 N–H and O–H groups in total. The van der Waals surface area contributed by atoms with Crippen LogP contribution in [0.4, 0.5) is 5.69 Å². The predicted molar refractivity (Wildman–Crippen MR) is 128 cm³/mol. The van der Waals surface area contributed by atoms with Crippen molar-refractivity contribution in [2.45, 2.75) is 76.9 Å². The lowest BCUT2D eigenvalue weighted by Gasteiger charge is -2.33. The second-order valence-electron chi connectivity index (χ2n) is 9.52. The molecule has 2 unspecified atom stereocenters. The maximum absolute atomic E-state index is 12.8. The molecule has 172 valence electrons.